The summed E-state index contributed by atoms with van der Waals surface area (Å²) in [6, 6.07) is 5.42. The third kappa shape index (κ3) is 3.47. The van der Waals surface area contributed by atoms with Crippen molar-refractivity contribution >= 4 is 17.5 Å². The van der Waals surface area contributed by atoms with Gasteiger partial charge in [-0.05, 0) is 42.3 Å². The maximum atomic E-state index is 12.1. The smallest absolute Gasteiger partial charge is 0.246 e. The van der Waals surface area contributed by atoms with Crippen LogP contribution in [-0.2, 0) is 9.53 Å². The third-order valence-electron chi connectivity index (χ3n) is 3.93. The summed E-state index contributed by atoms with van der Waals surface area (Å²) in [7, 11) is 0. The number of hydrogen-bond acceptors (Lipinski definition) is 4. The molecule has 0 saturated carbocycles. The Kier molecular flexibility index (Phi) is 4.92. The monoisotopic (exact) mass is 343 g/mol. The average Bonchev–Trinajstić information content (AvgIpc) is 2.61. The molecule has 1 atom stereocenters. The van der Waals surface area contributed by atoms with E-state index in [0.717, 1.165) is 16.7 Å². The van der Waals surface area contributed by atoms with Crippen LogP contribution in [0.25, 0.3) is 11.4 Å². The Morgan fingerprint density at radius 3 is 2.83 bits per heavy atom. The van der Waals surface area contributed by atoms with Crippen molar-refractivity contribution in [3.63, 3.8) is 0 Å². The molecule has 1 aliphatic heterocycles. The molecule has 2 aromatic rings. The van der Waals surface area contributed by atoms with E-state index in [9.17, 15) is 4.79 Å². The van der Waals surface area contributed by atoms with Crippen LogP contribution in [0.1, 0.15) is 17.2 Å². The van der Waals surface area contributed by atoms with Crippen LogP contribution in [-0.4, -0.2) is 40.5 Å². The van der Waals surface area contributed by atoms with Crippen molar-refractivity contribution < 1.29 is 9.53 Å². The molecule has 1 aliphatic rings. The average molecular weight is 344 g/mol. The number of hydrogen-bond donors (Lipinski definition) is 0. The van der Waals surface area contributed by atoms with Gasteiger partial charge in [-0.1, -0.05) is 18.2 Å². The first kappa shape index (κ1) is 16.6. The number of rotatable bonds is 3. The topological polar surface area (TPSA) is 55.3 Å². The van der Waals surface area contributed by atoms with Crippen molar-refractivity contribution in [3.8, 4) is 11.4 Å². The second-order valence-corrected chi connectivity index (χ2v) is 6.12. The van der Waals surface area contributed by atoms with Gasteiger partial charge in [0.2, 0.25) is 5.91 Å². The SMILES string of the molecule is C=CC(=O)N1CCOC[C@H]1c1cc(Cl)cc(-c2ncc(C)cn2)c1. The quantitative estimate of drug-likeness (QED) is 0.803. The predicted octanol–water partition coefficient (Wildman–Crippen LogP) is 3.19. The standard InChI is InChI=1S/C18H18ClN3O2/c1-3-17(23)22-4-5-24-11-16(22)13-6-14(8-15(19)7-13)18-20-9-12(2)10-21-18/h3,6-10,16H,1,4-5,11H2,2H3/t16-/m0/s1. The van der Waals surface area contributed by atoms with E-state index in [1.54, 1.807) is 17.3 Å². The second-order valence-electron chi connectivity index (χ2n) is 5.68. The Bertz CT molecular complexity index is 761. The summed E-state index contributed by atoms with van der Waals surface area (Å²) < 4.78 is 5.56. The van der Waals surface area contributed by atoms with Crippen molar-refractivity contribution in [2.45, 2.75) is 13.0 Å². The summed E-state index contributed by atoms with van der Waals surface area (Å²) in [4.78, 5) is 22.6. The Morgan fingerprint density at radius 1 is 1.38 bits per heavy atom. The van der Waals surface area contributed by atoms with E-state index in [1.807, 2.05) is 25.1 Å². The van der Waals surface area contributed by atoms with Gasteiger partial charge >= 0.3 is 0 Å². The van der Waals surface area contributed by atoms with Gasteiger partial charge in [0.15, 0.2) is 5.82 Å². The highest BCUT2D eigenvalue weighted by atomic mass is 35.5. The molecule has 0 unspecified atom stereocenters. The molecule has 0 aliphatic carbocycles. The van der Waals surface area contributed by atoms with E-state index in [2.05, 4.69) is 16.5 Å². The molecule has 0 N–H and O–H groups in total. The Hall–Kier alpha value is -2.24. The van der Waals surface area contributed by atoms with Gasteiger partial charge in [0.25, 0.3) is 0 Å². The molecule has 0 spiro atoms. The van der Waals surface area contributed by atoms with Crippen molar-refractivity contribution in [2.75, 3.05) is 19.8 Å². The summed E-state index contributed by atoms with van der Waals surface area (Å²) in [5.41, 5.74) is 2.70. The van der Waals surface area contributed by atoms with Gasteiger partial charge in [0.1, 0.15) is 0 Å². The zero-order valence-corrected chi connectivity index (χ0v) is 14.2. The molecule has 1 amide bonds. The lowest BCUT2D eigenvalue weighted by Crippen LogP contribution is -2.42. The lowest BCUT2D eigenvalue weighted by molar-refractivity contribution is -0.134. The van der Waals surface area contributed by atoms with Gasteiger partial charge < -0.3 is 9.64 Å². The van der Waals surface area contributed by atoms with E-state index < -0.39 is 0 Å². The van der Waals surface area contributed by atoms with Crippen LogP contribution >= 0.6 is 11.6 Å². The first-order valence-electron chi connectivity index (χ1n) is 7.69. The van der Waals surface area contributed by atoms with Crippen LogP contribution in [0.3, 0.4) is 0 Å². The molecule has 0 radical (unpaired) electrons. The number of carbonyl (C=O) groups is 1. The molecule has 2 heterocycles. The van der Waals surface area contributed by atoms with E-state index in [-0.39, 0.29) is 11.9 Å². The number of carbonyl (C=O) groups excluding carboxylic acids is 1. The van der Waals surface area contributed by atoms with Crippen molar-refractivity contribution in [1.29, 1.82) is 0 Å². The van der Waals surface area contributed by atoms with Gasteiger partial charge in [0.05, 0.1) is 19.3 Å². The minimum Gasteiger partial charge on any atom is -0.377 e. The van der Waals surface area contributed by atoms with Gasteiger partial charge in [-0.15, -0.1) is 0 Å². The van der Waals surface area contributed by atoms with Gasteiger partial charge in [0, 0.05) is 29.5 Å². The largest absolute Gasteiger partial charge is 0.377 e. The number of aromatic nitrogens is 2. The Morgan fingerprint density at radius 2 is 2.12 bits per heavy atom. The van der Waals surface area contributed by atoms with Crippen LogP contribution in [0.15, 0.2) is 43.2 Å². The number of ether oxygens (including phenoxy) is 1. The first-order chi connectivity index (χ1) is 11.6. The molecular weight excluding hydrogens is 326 g/mol. The number of morpholine rings is 1. The second kappa shape index (κ2) is 7.11. The Balaban J connectivity index is 1.99. The summed E-state index contributed by atoms with van der Waals surface area (Å²) in [5, 5.41) is 0.572. The fourth-order valence-corrected chi connectivity index (χ4v) is 2.98. The molecule has 1 saturated heterocycles. The molecule has 1 fully saturated rings. The molecule has 5 nitrogen and oxygen atoms in total. The van der Waals surface area contributed by atoms with Crippen LogP contribution < -0.4 is 0 Å². The number of amides is 1. The molecule has 1 aromatic carbocycles. The summed E-state index contributed by atoms with van der Waals surface area (Å²) in [5.74, 6) is 0.485. The summed E-state index contributed by atoms with van der Waals surface area (Å²) in [6.45, 7) is 6.98. The first-order valence-corrected chi connectivity index (χ1v) is 8.06. The molecule has 24 heavy (non-hydrogen) atoms. The summed E-state index contributed by atoms with van der Waals surface area (Å²) in [6.07, 6.45) is 4.85. The fourth-order valence-electron chi connectivity index (χ4n) is 2.74. The molecule has 124 valence electrons. The predicted molar refractivity (Wildman–Crippen MR) is 92.7 cm³/mol. The molecule has 3 rings (SSSR count). The van der Waals surface area contributed by atoms with Gasteiger partial charge in [-0.25, -0.2) is 9.97 Å². The maximum absolute atomic E-state index is 12.1. The lowest BCUT2D eigenvalue weighted by atomic mass is 10.0. The highest BCUT2D eigenvalue weighted by Crippen LogP contribution is 2.30. The van der Waals surface area contributed by atoms with Crippen molar-refractivity contribution in [1.82, 2.24) is 14.9 Å². The number of nitrogens with zero attached hydrogens (tertiary/aromatic N) is 3. The fraction of sp³-hybridized carbons (Fsp3) is 0.278. The van der Waals surface area contributed by atoms with Crippen LogP contribution in [0.2, 0.25) is 5.02 Å². The van der Waals surface area contributed by atoms with Gasteiger partial charge in [-0.3, -0.25) is 4.79 Å². The van der Waals surface area contributed by atoms with E-state index in [0.29, 0.717) is 30.6 Å². The molecular formula is C18H18ClN3O2. The minimum absolute atomic E-state index is 0.114. The number of halogens is 1. The maximum Gasteiger partial charge on any atom is 0.246 e. The number of aryl methyl sites for hydroxylation is 1. The normalized spacial score (nSPS) is 17.6. The molecule has 0 bridgehead atoms. The van der Waals surface area contributed by atoms with Crippen LogP contribution in [0, 0.1) is 6.92 Å². The van der Waals surface area contributed by atoms with E-state index in [1.165, 1.54) is 6.08 Å². The van der Waals surface area contributed by atoms with E-state index in [4.69, 9.17) is 16.3 Å². The number of benzene rings is 1. The minimum atomic E-state index is -0.202. The Labute approximate surface area is 145 Å². The molecule has 6 heteroatoms. The van der Waals surface area contributed by atoms with Crippen molar-refractivity contribution in [2.24, 2.45) is 0 Å². The van der Waals surface area contributed by atoms with Crippen molar-refractivity contribution in [3.05, 3.63) is 59.4 Å². The molecule has 1 aromatic heterocycles. The van der Waals surface area contributed by atoms with Crippen LogP contribution in [0.5, 0.6) is 0 Å². The highest BCUT2D eigenvalue weighted by Gasteiger charge is 2.28. The highest BCUT2D eigenvalue weighted by molar-refractivity contribution is 6.30. The van der Waals surface area contributed by atoms with E-state index >= 15 is 0 Å². The third-order valence-corrected chi connectivity index (χ3v) is 4.15. The van der Waals surface area contributed by atoms with Crippen LogP contribution in [0.4, 0.5) is 0 Å². The summed E-state index contributed by atoms with van der Waals surface area (Å²) >= 11 is 6.29. The lowest BCUT2D eigenvalue weighted by Gasteiger charge is -2.35. The van der Waals surface area contributed by atoms with Gasteiger partial charge in [-0.2, -0.15) is 0 Å². The zero-order chi connectivity index (χ0) is 17.1. The zero-order valence-electron chi connectivity index (χ0n) is 13.4.